The average Bonchev–Trinajstić information content (AvgIpc) is 2.46. The van der Waals surface area contributed by atoms with E-state index in [1.807, 2.05) is 36.2 Å². The highest BCUT2D eigenvalue weighted by Crippen LogP contribution is 2.28. The van der Waals surface area contributed by atoms with Crippen LogP contribution in [0.25, 0.3) is 0 Å². The first-order valence-corrected chi connectivity index (χ1v) is 7.44. The van der Waals surface area contributed by atoms with Gasteiger partial charge in [0.1, 0.15) is 6.04 Å². The van der Waals surface area contributed by atoms with Crippen molar-refractivity contribution >= 4 is 17.6 Å². The number of benzene rings is 1. The summed E-state index contributed by atoms with van der Waals surface area (Å²) in [5, 5.41) is 0.728. The van der Waals surface area contributed by atoms with Gasteiger partial charge in [-0.1, -0.05) is 49.6 Å². The summed E-state index contributed by atoms with van der Waals surface area (Å²) in [6, 6.07) is 7.58. The number of hydrogen-bond acceptors (Lipinski definition) is 3. The fourth-order valence-electron chi connectivity index (χ4n) is 2.32. The third-order valence-electron chi connectivity index (χ3n) is 3.76. The van der Waals surface area contributed by atoms with Crippen molar-refractivity contribution in [2.24, 2.45) is 0 Å². The van der Waals surface area contributed by atoms with Gasteiger partial charge in [0.2, 0.25) is 0 Å². The number of methoxy groups -OCH3 is 1. The molecule has 3 nitrogen and oxygen atoms in total. The van der Waals surface area contributed by atoms with Crippen molar-refractivity contribution in [3.63, 3.8) is 0 Å². The normalized spacial score (nSPS) is 14.1. The topological polar surface area (TPSA) is 29.5 Å². The monoisotopic (exact) mass is 297 g/mol. The molecule has 0 bridgehead atoms. The molecule has 0 heterocycles. The summed E-state index contributed by atoms with van der Waals surface area (Å²) in [5.41, 5.74) is 1.03. The summed E-state index contributed by atoms with van der Waals surface area (Å²) in [6.45, 7) is 4.18. The second-order valence-electron chi connectivity index (χ2n) is 5.04. The van der Waals surface area contributed by atoms with Crippen LogP contribution in [0.2, 0.25) is 5.02 Å². The minimum atomic E-state index is -0.230. The van der Waals surface area contributed by atoms with Gasteiger partial charge in [0, 0.05) is 11.1 Å². The van der Waals surface area contributed by atoms with Crippen molar-refractivity contribution in [2.75, 3.05) is 14.2 Å². The molecule has 0 fully saturated rings. The van der Waals surface area contributed by atoms with Crippen molar-refractivity contribution in [2.45, 2.75) is 45.2 Å². The molecule has 0 aromatic heterocycles. The Bertz CT molecular complexity index is 436. The molecule has 20 heavy (non-hydrogen) atoms. The Balaban J connectivity index is 2.90. The quantitative estimate of drug-likeness (QED) is 0.711. The molecular formula is C16H24ClNO2. The molecule has 0 spiro atoms. The number of carbonyl (C=O) groups excluding carboxylic acids is 1. The summed E-state index contributed by atoms with van der Waals surface area (Å²) in [5.74, 6) is -0.181. The van der Waals surface area contributed by atoms with E-state index in [1.165, 1.54) is 7.11 Å². The van der Waals surface area contributed by atoms with E-state index in [0.717, 1.165) is 29.8 Å². The minimum Gasteiger partial charge on any atom is -0.468 e. The third kappa shape index (κ3) is 4.22. The lowest BCUT2D eigenvalue weighted by molar-refractivity contribution is -0.147. The molecule has 0 radical (unpaired) electrons. The van der Waals surface area contributed by atoms with E-state index in [9.17, 15) is 4.79 Å². The Morgan fingerprint density at radius 2 is 2.05 bits per heavy atom. The molecular weight excluding hydrogens is 274 g/mol. The van der Waals surface area contributed by atoms with Gasteiger partial charge in [0.15, 0.2) is 0 Å². The standard InChI is InChI=1S/C16H24ClNO2/c1-5-6-11-15(16(19)20-4)18(3)12(2)13-9-7-8-10-14(13)17/h7-10,12,15H,5-6,11H2,1-4H3. The van der Waals surface area contributed by atoms with Gasteiger partial charge in [-0.15, -0.1) is 0 Å². The largest absolute Gasteiger partial charge is 0.468 e. The van der Waals surface area contributed by atoms with Gasteiger partial charge in [0.25, 0.3) is 0 Å². The van der Waals surface area contributed by atoms with E-state index in [0.29, 0.717) is 0 Å². The molecule has 1 rings (SSSR count). The summed E-state index contributed by atoms with van der Waals surface area (Å²) < 4.78 is 4.93. The predicted molar refractivity (Wildman–Crippen MR) is 83.0 cm³/mol. The van der Waals surface area contributed by atoms with Gasteiger partial charge in [-0.3, -0.25) is 9.69 Å². The summed E-state index contributed by atoms with van der Waals surface area (Å²) in [6.07, 6.45) is 2.86. The number of halogens is 1. The van der Waals surface area contributed by atoms with Crippen LogP contribution in [-0.4, -0.2) is 31.1 Å². The number of unbranched alkanes of at least 4 members (excludes halogenated alkanes) is 1. The van der Waals surface area contributed by atoms with Crippen LogP contribution in [0.15, 0.2) is 24.3 Å². The maximum Gasteiger partial charge on any atom is 0.323 e. The van der Waals surface area contributed by atoms with E-state index in [-0.39, 0.29) is 18.1 Å². The number of rotatable bonds is 7. The maximum atomic E-state index is 12.0. The van der Waals surface area contributed by atoms with Gasteiger partial charge in [-0.05, 0) is 32.0 Å². The lowest BCUT2D eigenvalue weighted by atomic mass is 10.0. The molecule has 0 saturated carbocycles. The number of likely N-dealkylation sites (N-methyl/N-ethyl adjacent to an activating group) is 1. The molecule has 0 N–H and O–H groups in total. The van der Waals surface area contributed by atoms with Crippen LogP contribution in [0.5, 0.6) is 0 Å². The molecule has 4 heteroatoms. The van der Waals surface area contributed by atoms with Gasteiger partial charge in [0.05, 0.1) is 7.11 Å². The Labute approximate surface area is 126 Å². The minimum absolute atomic E-state index is 0.0599. The molecule has 0 saturated heterocycles. The molecule has 1 aromatic rings. The Hall–Kier alpha value is -1.06. The zero-order valence-electron chi connectivity index (χ0n) is 12.7. The van der Waals surface area contributed by atoms with Crippen LogP contribution >= 0.6 is 11.6 Å². The van der Waals surface area contributed by atoms with Crippen molar-refractivity contribution in [3.05, 3.63) is 34.9 Å². The highest BCUT2D eigenvalue weighted by Gasteiger charge is 2.28. The highest BCUT2D eigenvalue weighted by molar-refractivity contribution is 6.31. The summed E-state index contributed by atoms with van der Waals surface area (Å²) >= 11 is 6.24. The van der Waals surface area contributed by atoms with Crippen LogP contribution in [0, 0.1) is 0 Å². The van der Waals surface area contributed by atoms with Crippen LogP contribution in [0.1, 0.15) is 44.7 Å². The average molecular weight is 298 g/mol. The first-order valence-electron chi connectivity index (χ1n) is 7.07. The SMILES string of the molecule is CCCCC(C(=O)OC)N(C)C(C)c1ccccc1Cl. The second kappa shape index (κ2) is 8.28. The number of esters is 1. The zero-order valence-corrected chi connectivity index (χ0v) is 13.5. The van der Waals surface area contributed by atoms with Crippen LogP contribution in [0.4, 0.5) is 0 Å². The van der Waals surface area contributed by atoms with E-state index in [1.54, 1.807) is 0 Å². The lowest BCUT2D eigenvalue weighted by Crippen LogP contribution is -2.40. The van der Waals surface area contributed by atoms with Crippen LogP contribution in [0.3, 0.4) is 0 Å². The van der Waals surface area contributed by atoms with Gasteiger partial charge >= 0.3 is 5.97 Å². The molecule has 2 unspecified atom stereocenters. The van der Waals surface area contributed by atoms with E-state index < -0.39 is 0 Å². The Kier molecular flexibility index (Phi) is 7.03. The molecule has 1 aromatic carbocycles. The lowest BCUT2D eigenvalue weighted by Gasteiger charge is -2.32. The van der Waals surface area contributed by atoms with Gasteiger partial charge in [-0.25, -0.2) is 0 Å². The van der Waals surface area contributed by atoms with Crippen molar-refractivity contribution in [3.8, 4) is 0 Å². The molecule has 0 aliphatic carbocycles. The van der Waals surface area contributed by atoms with Gasteiger partial charge < -0.3 is 4.74 Å². The second-order valence-corrected chi connectivity index (χ2v) is 5.45. The van der Waals surface area contributed by atoms with Crippen molar-refractivity contribution in [1.82, 2.24) is 4.90 Å². The third-order valence-corrected chi connectivity index (χ3v) is 4.11. The van der Waals surface area contributed by atoms with Crippen molar-refractivity contribution < 1.29 is 9.53 Å². The molecule has 0 aliphatic heterocycles. The van der Waals surface area contributed by atoms with Crippen molar-refractivity contribution in [1.29, 1.82) is 0 Å². The van der Waals surface area contributed by atoms with Gasteiger partial charge in [-0.2, -0.15) is 0 Å². The molecule has 0 amide bonds. The summed E-state index contributed by atoms with van der Waals surface area (Å²) in [7, 11) is 3.39. The fraction of sp³-hybridized carbons (Fsp3) is 0.562. The molecule has 112 valence electrons. The number of carbonyl (C=O) groups is 1. The number of nitrogens with zero attached hydrogens (tertiary/aromatic N) is 1. The van der Waals surface area contributed by atoms with Crippen LogP contribution < -0.4 is 0 Å². The summed E-state index contributed by atoms with van der Waals surface area (Å²) in [4.78, 5) is 14.0. The highest BCUT2D eigenvalue weighted by atomic mass is 35.5. The van der Waals surface area contributed by atoms with Crippen LogP contribution in [-0.2, 0) is 9.53 Å². The molecule has 2 atom stereocenters. The maximum absolute atomic E-state index is 12.0. The Morgan fingerprint density at radius 3 is 2.60 bits per heavy atom. The van der Waals surface area contributed by atoms with E-state index >= 15 is 0 Å². The number of ether oxygens (including phenoxy) is 1. The first-order chi connectivity index (χ1) is 9.52. The number of hydrogen-bond donors (Lipinski definition) is 0. The predicted octanol–water partition coefficient (Wildman–Crippen LogP) is 4.06. The van der Waals surface area contributed by atoms with E-state index in [4.69, 9.17) is 16.3 Å². The smallest absolute Gasteiger partial charge is 0.323 e. The Morgan fingerprint density at radius 1 is 1.40 bits per heavy atom. The zero-order chi connectivity index (χ0) is 15.1. The first kappa shape index (κ1) is 17.0. The fourth-order valence-corrected chi connectivity index (χ4v) is 2.62. The molecule has 0 aliphatic rings. The van der Waals surface area contributed by atoms with E-state index in [2.05, 4.69) is 13.8 Å².